The van der Waals surface area contributed by atoms with Gasteiger partial charge >= 0.3 is 0 Å². The van der Waals surface area contributed by atoms with Crippen molar-refractivity contribution in [3.05, 3.63) is 101 Å². The summed E-state index contributed by atoms with van der Waals surface area (Å²) in [5.41, 5.74) is 4.87. The van der Waals surface area contributed by atoms with Crippen LogP contribution in [0.2, 0.25) is 0 Å². The standard InChI is InChI=1S/C28H22N2O3/c1-17-23-15-19-10-5-6-11-21(19)25(17)28(33)30-24-13-7-12-22(26(23)24)27(32)29-20(16-31)14-18-8-3-2-4-9-18/h2-13,15-16,20H,14H2,1H3,(H,29,32)(H,30,33)/t20-/m0/s1. The maximum absolute atomic E-state index is 13.4. The Balaban J connectivity index is 1.58. The molecule has 1 atom stereocenters. The fourth-order valence-electron chi connectivity index (χ4n) is 4.57. The number of nitrogens with one attached hydrogen (secondary N) is 2. The molecule has 0 radical (unpaired) electrons. The van der Waals surface area contributed by atoms with E-state index in [0.717, 1.165) is 33.7 Å². The van der Waals surface area contributed by atoms with Crippen molar-refractivity contribution in [1.82, 2.24) is 5.32 Å². The molecule has 33 heavy (non-hydrogen) atoms. The van der Waals surface area contributed by atoms with Crippen LogP contribution in [0.4, 0.5) is 5.69 Å². The lowest BCUT2D eigenvalue weighted by Crippen LogP contribution is -2.37. The van der Waals surface area contributed by atoms with Gasteiger partial charge in [-0.3, -0.25) is 9.59 Å². The van der Waals surface area contributed by atoms with Gasteiger partial charge in [0.05, 0.1) is 11.6 Å². The molecule has 5 nitrogen and oxygen atoms in total. The molecule has 162 valence electrons. The molecule has 4 aromatic rings. The lowest BCUT2D eigenvalue weighted by molar-refractivity contribution is -0.109. The zero-order valence-electron chi connectivity index (χ0n) is 18.1. The number of amides is 2. The molecular formula is C28H22N2O3. The van der Waals surface area contributed by atoms with Gasteiger partial charge in [0.25, 0.3) is 11.8 Å². The molecule has 0 saturated carbocycles. The van der Waals surface area contributed by atoms with Crippen LogP contribution in [-0.4, -0.2) is 24.1 Å². The predicted molar refractivity (Wildman–Crippen MR) is 130 cm³/mol. The number of benzene rings is 4. The second-order valence-corrected chi connectivity index (χ2v) is 8.23. The molecule has 0 saturated heterocycles. The first-order valence-corrected chi connectivity index (χ1v) is 10.8. The molecule has 1 heterocycles. The molecule has 2 amide bonds. The molecule has 0 aliphatic carbocycles. The van der Waals surface area contributed by atoms with Gasteiger partial charge < -0.3 is 15.4 Å². The average Bonchev–Trinajstić information content (AvgIpc) is 2.89. The van der Waals surface area contributed by atoms with Crippen molar-refractivity contribution in [2.24, 2.45) is 0 Å². The van der Waals surface area contributed by atoms with Crippen LogP contribution >= 0.6 is 0 Å². The Morgan fingerprint density at radius 2 is 1.73 bits per heavy atom. The zero-order valence-corrected chi connectivity index (χ0v) is 18.1. The van der Waals surface area contributed by atoms with Crippen molar-refractivity contribution < 1.29 is 14.4 Å². The van der Waals surface area contributed by atoms with Crippen LogP contribution in [0.3, 0.4) is 0 Å². The van der Waals surface area contributed by atoms with Gasteiger partial charge in [-0.05, 0) is 59.0 Å². The number of rotatable bonds is 5. The number of fused-ring (bicyclic) bond motifs is 6. The Bertz CT molecular complexity index is 1410. The lowest BCUT2D eigenvalue weighted by atomic mass is 9.89. The maximum Gasteiger partial charge on any atom is 0.256 e. The first-order chi connectivity index (χ1) is 16.1. The third-order valence-electron chi connectivity index (χ3n) is 6.14. The Morgan fingerprint density at radius 1 is 0.970 bits per heavy atom. The largest absolute Gasteiger partial charge is 0.342 e. The van der Waals surface area contributed by atoms with Gasteiger partial charge in [-0.1, -0.05) is 60.7 Å². The van der Waals surface area contributed by atoms with Gasteiger partial charge in [-0.15, -0.1) is 0 Å². The minimum Gasteiger partial charge on any atom is -0.342 e. The summed E-state index contributed by atoms with van der Waals surface area (Å²) >= 11 is 0. The first-order valence-electron chi connectivity index (χ1n) is 10.8. The fraction of sp³-hybridized carbons (Fsp3) is 0.107. The fourth-order valence-corrected chi connectivity index (χ4v) is 4.57. The smallest absolute Gasteiger partial charge is 0.256 e. The predicted octanol–water partition coefficient (Wildman–Crippen LogP) is 4.92. The highest BCUT2D eigenvalue weighted by Gasteiger charge is 2.27. The van der Waals surface area contributed by atoms with E-state index in [1.54, 1.807) is 18.2 Å². The number of carbonyl (C=O) groups excluding carboxylic acids is 3. The molecule has 0 fully saturated rings. The molecule has 1 aliphatic rings. The van der Waals surface area contributed by atoms with Crippen molar-refractivity contribution in [2.45, 2.75) is 19.4 Å². The molecule has 1 aliphatic heterocycles. The summed E-state index contributed by atoms with van der Waals surface area (Å²) in [5.74, 6) is -0.554. The van der Waals surface area contributed by atoms with E-state index in [1.807, 2.05) is 67.6 Å². The molecule has 5 heteroatoms. The van der Waals surface area contributed by atoms with Crippen molar-refractivity contribution in [3.63, 3.8) is 0 Å². The molecule has 4 aromatic carbocycles. The van der Waals surface area contributed by atoms with Gasteiger partial charge in [0, 0.05) is 16.8 Å². The van der Waals surface area contributed by atoms with Crippen LogP contribution in [0.5, 0.6) is 0 Å². The minimum atomic E-state index is -0.663. The van der Waals surface area contributed by atoms with Crippen LogP contribution in [0.25, 0.3) is 21.9 Å². The molecular weight excluding hydrogens is 412 g/mol. The van der Waals surface area contributed by atoms with E-state index in [9.17, 15) is 14.4 Å². The van der Waals surface area contributed by atoms with E-state index in [1.165, 1.54) is 0 Å². The van der Waals surface area contributed by atoms with Crippen molar-refractivity contribution in [1.29, 1.82) is 0 Å². The Labute approximate surface area is 191 Å². The van der Waals surface area contributed by atoms with E-state index in [-0.39, 0.29) is 11.8 Å². The van der Waals surface area contributed by atoms with Gasteiger partial charge in [-0.2, -0.15) is 0 Å². The van der Waals surface area contributed by atoms with Crippen LogP contribution in [-0.2, 0) is 11.2 Å². The van der Waals surface area contributed by atoms with Crippen molar-refractivity contribution in [3.8, 4) is 11.1 Å². The van der Waals surface area contributed by atoms with E-state index in [2.05, 4.69) is 10.6 Å². The number of hydrogen-bond donors (Lipinski definition) is 2. The SMILES string of the molecule is Cc1c2cc3ccccc3c1C(=O)Nc1cccc(C(=O)N[C@H](C=O)Cc3ccccc3)c1-2. The summed E-state index contributed by atoms with van der Waals surface area (Å²) in [6.07, 6.45) is 1.16. The quantitative estimate of drug-likeness (QED) is 0.438. The average molecular weight is 434 g/mol. The molecule has 2 N–H and O–H groups in total. The third kappa shape index (κ3) is 3.68. The maximum atomic E-state index is 13.4. The zero-order chi connectivity index (χ0) is 22.9. The van der Waals surface area contributed by atoms with E-state index >= 15 is 0 Å². The van der Waals surface area contributed by atoms with E-state index in [0.29, 0.717) is 28.8 Å². The van der Waals surface area contributed by atoms with E-state index < -0.39 is 6.04 Å². The number of aldehydes is 1. The summed E-state index contributed by atoms with van der Waals surface area (Å²) in [6.45, 7) is 1.91. The summed E-state index contributed by atoms with van der Waals surface area (Å²) in [7, 11) is 0. The highest BCUT2D eigenvalue weighted by atomic mass is 16.2. The van der Waals surface area contributed by atoms with Crippen LogP contribution in [0.15, 0.2) is 78.9 Å². The highest BCUT2D eigenvalue weighted by molar-refractivity contribution is 6.20. The molecule has 2 bridgehead atoms. The molecule has 0 spiro atoms. The summed E-state index contributed by atoms with van der Waals surface area (Å²) in [6, 6.07) is 23.9. The normalized spacial score (nSPS) is 12.9. The third-order valence-corrected chi connectivity index (χ3v) is 6.14. The van der Waals surface area contributed by atoms with Crippen LogP contribution in [0.1, 0.15) is 31.8 Å². The van der Waals surface area contributed by atoms with Crippen LogP contribution in [0, 0.1) is 6.92 Å². The topological polar surface area (TPSA) is 75.3 Å². The van der Waals surface area contributed by atoms with Gasteiger partial charge in [0.15, 0.2) is 0 Å². The molecule has 5 rings (SSSR count). The van der Waals surface area contributed by atoms with Gasteiger partial charge in [-0.25, -0.2) is 0 Å². The highest BCUT2D eigenvalue weighted by Crippen LogP contribution is 2.41. The number of anilines is 1. The Kier molecular flexibility index (Phi) is 5.23. The molecule has 0 aromatic heterocycles. The van der Waals surface area contributed by atoms with Crippen LogP contribution < -0.4 is 10.6 Å². The number of carbonyl (C=O) groups is 3. The lowest BCUT2D eigenvalue weighted by Gasteiger charge is -2.17. The minimum absolute atomic E-state index is 0.197. The summed E-state index contributed by atoms with van der Waals surface area (Å²) in [4.78, 5) is 38.2. The van der Waals surface area contributed by atoms with E-state index in [4.69, 9.17) is 0 Å². The second-order valence-electron chi connectivity index (χ2n) is 8.23. The molecule has 0 unspecified atom stereocenters. The first kappa shape index (κ1) is 20.6. The summed E-state index contributed by atoms with van der Waals surface area (Å²) < 4.78 is 0. The Morgan fingerprint density at radius 3 is 2.52 bits per heavy atom. The second kappa shape index (κ2) is 8.36. The van der Waals surface area contributed by atoms with Crippen molar-refractivity contribution in [2.75, 3.05) is 5.32 Å². The monoisotopic (exact) mass is 434 g/mol. The van der Waals surface area contributed by atoms with Gasteiger partial charge in [0.2, 0.25) is 0 Å². The Hall–Kier alpha value is -4.25. The van der Waals surface area contributed by atoms with Crippen molar-refractivity contribution >= 4 is 34.6 Å². The van der Waals surface area contributed by atoms with Gasteiger partial charge in [0.1, 0.15) is 6.29 Å². The number of hydrogen-bond acceptors (Lipinski definition) is 3. The summed E-state index contributed by atoms with van der Waals surface area (Å²) in [5, 5.41) is 7.64.